The molecule has 162 valence electrons. The third-order valence-electron chi connectivity index (χ3n) is 6.92. The number of carbonyl (C=O) groups excluding carboxylic acids is 1. The summed E-state index contributed by atoms with van der Waals surface area (Å²) in [6.07, 6.45) is 8.65. The fraction of sp³-hybridized carbons (Fsp3) is 0.440. The van der Waals surface area contributed by atoms with E-state index in [1.807, 2.05) is 53.3 Å². The number of aromatic nitrogens is 2. The van der Waals surface area contributed by atoms with Crippen molar-refractivity contribution in [3.63, 3.8) is 0 Å². The molecule has 1 saturated carbocycles. The molecule has 3 heterocycles. The fourth-order valence-electron chi connectivity index (χ4n) is 5.36. The largest absolute Gasteiger partial charge is 0.379 e. The number of halogens is 1. The number of hydrogen-bond acceptors (Lipinski definition) is 3. The van der Waals surface area contributed by atoms with Gasteiger partial charge in [-0.25, -0.2) is 4.52 Å². The molecule has 5 rings (SSSR count). The molecule has 0 bridgehead atoms. The molecule has 1 unspecified atom stereocenters. The molecule has 1 aliphatic heterocycles. The zero-order valence-corrected chi connectivity index (χ0v) is 18.4. The Labute approximate surface area is 188 Å². The van der Waals surface area contributed by atoms with Crippen LogP contribution in [-0.4, -0.2) is 46.7 Å². The van der Waals surface area contributed by atoms with E-state index in [0.717, 1.165) is 49.7 Å². The molecule has 3 aromatic rings. The topological polar surface area (TPSA) is 46.8 Å². The lowest BCUT2D eigenvalue weighted by atomic mass is 9.77. The number of nitrogens with zero attached hydrogens (tertiary/aromatic N) is 3. The van der Waals surface area contributed by atoms with Crippen molar-refractivity contribution in [1.82, 2.24) is 14.5 Å². The van der Waals surface area contributed by atoms with Gasteiger partial charge in [0.05, 0.1) is 24.1 Å². The van der Waals surface area contributed by atoms with E-state index in [1.54, 1.807) is 0 Å². The van der Waals surface area contributed by atoms with Crippen molar-refractivity contribution in [2.75, 3.05) is 26.3 Å². The number of carbonyl (C=O) groups is 1. The minimum Gasteiger partial charge on any atom is -0.379 e. The van der Waals surface area contributed by atoms with Crippen LogP contribution in [0, 0.1) is 5.92 Å². The first-order valence-electron chi connectivity index (χ1n) is 11.2. The van der Waals surface area contributed by atoms with Crippen LogP contribution in [0.25, 0.3) is 5.52 Å². The molecule has 6 heteroatoms. The fourth-order valence-corrected chi connectivity index (χ4v) is 5.49. The summed E-state index contributed by atoms with van der Waals surface area (Å²) >= 11 is 6.12. The summed E-state index contributed by atoms with van der Waals surface area (Å²) in [6.45, 7) is 2.65. The van der Waals surface area contributed by atoms with Gasteiger partial charge in [-0.3, -0.25) is 4.79 Å². The molecule has 1 aromatic carbocycles. The number of benzene rings is 1. The Kier molecular flexibility index (Phi) is 5.72. The van der Waals surface area contributed by atoms with Crippen LogP contribution >= 0.6 is 11.6 Å². The van der Waals surface area contributed by atoms with E-state index in [2.05, 4.69) is 16.1 Å². The molecule has 31 heavy (non-hydrogen) atoms. The second-order valence-electron chi connectivity index (χ2n) is 8.89. The molecule has 2 aromatic heterocycles. The maximum atomic E-state index is 14.0. The van der Waals surface area contributed by atoms with Gasteiger partial charge in [0.15, 0.2) is 0 Å². The van der Waals surface area contributed by atoms with E-state index in [1.165, 1.54) is 5.56 Å². The van der Waals surface area contributed by atoms with Gasteiger partial charge < -0.3 is 9.64 Å². The third kappa shape index (κ3) is 3.97. The normalized spacial score (nSPS) is 21.3. The Morgan fingerprint density at radius 3 is 2.77 bits per heavy atom. The number of fused-ring (bicyclic) bond motifs is 1. The lowest BCUT2D eigenvalue weighted by Gasteiger charge is -2.35. The first kappa shape index (κ1) is 20.5. The van der Waals surface area contributed by atoms with Crippen molar-refractivity contribution < 1.29 is 9.53 Å². The summed E-state index contributed by atoms with van der Waals surface area (Å²) in [7, 11) is 0. The molecule has 0 N–H and O–H groups in total. The molecule has 2 aliphatic rings. The van der Waals surface area contributed by atoms with Crippen molar-refractivity contribution in [2.45, 2.75) is 37.5 Å². The minimum atomic E-state index is -0.426. The average molecular weight is 438 g/mol. The first-order chi connectivity index (χ1) is 15.2. The van der Waals surface area contributed by atoms with Gasteiger partial charge in [0.1, 0.15) is 0 Å². The van der Waals surface area contributed by atoms with Crippen LogP contribution in [0.1, 0.15) is 36.8 Å². The predicted octanol–water partition coefficient (Wildman–Crippen LogP) is 4.52. The molecule has 2 fully saturated rings. The molecular weight excluding hydrogens is 410 g/mol. The van der Waals surface area contributed by atoms with E-state index < -0.39 is 5.41 Å². The maximum Gasteiger partial charge on any atom is 0.233 e. The van der Waals surface area contributed by atoms with Gasteiger partial charge in [0.2, 0.25) is 5.91 Å². The van der Waals surface area contributed by atoms with Gasteiger partial charge >= 0.3 is 0 Å². The third-order valence-corrected chi connectivity index (χ3v) is 7.17. The van der Waals surface area contributed by atoms with Crippen molar-refractivity contribution in [3.8, 4) is 0 Å². The lowest BCUT2D eigenvalue weighted by Crippen LogP contribution is -2.47. The van der Waals surface area contributed by atoms with Crippen LogP contribution in [0.3, 0.4) is 0 Å². The highest BCUT2D eigenvalue weighted by Crippen LogP contribution is 2.43. The molecule has 0 spiro atoms. The Balaban J connectivity index is 1.39. The zero-order valence-electron chi connectivity index (χ0n) is 17.7. The molecule has 1 amide bonds. The van der Waals surface area contributed by atoms with E-state index in [0.29, 0.717) is 24.8 Å². The van der Waals surface area contributed by atoms with Gasteiger partial charge in [-0.1, -0.05) is 42.6 Å². The predicted molar refractivity (Wildman–Crippen MR) is 121 cm³/mol. The average Bonchev–Trinajstić information content (AvgIpc) is 3.41. The molecule has 1 aliphatic carbocycles. The summed E-state index contributed by atoms with van der Waals surface area (Å²) in [5, 5.41) is 5.06. The number of pyridine rings is 1. The van der Waals surface area contributed by atoms with Gasteiger partial charge in [-0.15, -0.1) is 0 Å². The first-order valence-corrected chi connectivity index (χ1v) is 11.6. The van der Waals surface area contributed by atoms with Crippen molar-refractivity contribution in [2.24, 2.45) is 5.92 Å². The number of ether oxygens (including phenoxy) is 1. The lowest BCUT2D eigenvalue weighted by molar-refractivity contribution is -0.137. The van der Waals surface area contributed by atoms with Gasteiger partial charge in [-0.05, 0) is 54.7 Å². The van der Waals surface area contributed by atoms with Crippen molar-refractivity contribution in [3.05, 3.63) is 71.0 Å². The highest BCUT2D eigenvalue weighted by molar-refractivity contribution is 6.30. The number of amides is 1. The number of rotatable bonds is 4. The standard InChI is InChI=1S/C25H28ClN3O2/c26-22-7-5-21(6-8-22)25(10-1-2-11-25)24(30)28-14-15-31-18-19(17-28)16-20-4-3-13-29-23(20)9-12-27-29/h3-9,12-13,19H,1-2,10-11,14-18H2. The van der Waals surface area contributed by atoms with Gasteiger partial charge in [0, 0.05) is 36.4 Å². The highest BCUT2D eigenvalue weighted by Gasteiger charge is 2.45. The van der Waals surface area contributed by atoms with E-state index in [4.69, 9.17) is 16.3 Å². The number of hydrogen-bond donors (Lipinski definition) is 0. The van der Waals surface area contributed by atoms with Gasteiger partial charge in [-0.2, -0.15) is 5.10 Å². The van der Waals surface area contributed by atoms with Crippen molar-refractivity contribution in [1.29, 1.82) is 0 Å². The SMILES string of the molecule is O=C(N1CCOCC(Cc2cccn3nccc23)C1)C1(c2ccc(Cl)cc2)CCCC1. The van der Waals surface area contributed by atoms with Crippen LogP contribution in [0.2, 0.25) is 5.02 Å². The van der Waals surface area contributed by atoms with Crippen LogP contribution < -0.4 is 0 Å². The maximum absolute atomic E-state index is 14.0. The van der Waals surface area contributed by atoms with E-state index in [9.17, 15) is 4.79 Å². The van der Waals surface area contributed by atoms with Gasteiger partial charge in [0.25, 0.3) is 0 Å². The summed E-state index contributed by atoms with van der Waals surface area (Å²) < 4.78 is 7.84. The Morgan fingerprint density at radius 1 is 1.16 bits per heavy atom. The molecular formula is C25H28ClN3O2. The Hall–Kier alpha value is -2.37. The quantitative estimate of drug-likeness (QED) is 0.603. The Bertz CT molecular complexity index is 1060. The van der Waals surface area contributed by atoms with E-state index >= 15 is 0 Å². The van der Waals surface area contributed by atoms with E-state index in [-0.39, 0.29) is 11.8 Å². The second kappa shape index (κ2) is 8.64. The summed E-state index contributed by atoms with van der Waals surface area (Å²) in [5.41, 5.74) is 3.05. The van der Waals surface area contributed by atoms with Crippen LogP contribution in [0.4, 0.5) is 0 Å². The zero-order chi connectivity index (χ0) is 21.3. The van der Waals surface area contributed by atoms with Crippen LogP contribution in [0.15, 0.2) is 54.9 Å². The monoisotopic (exact) mass is 437 g/mol. The molecule has 5 nitrogen and oxygen atoms in total. The van der Waals surface area contributed by atoms with Crippen LogP contribution in [-0.2, 0) is 21.4 Å². The second-order valence-corrected chi connectivity index (χ2v) is 9.32. The molecule has 1 atom stereocenters. The van der Waals surface area contributed by atoms with Crippen molar-refractivity contribution >= 4 is 23.0 Å². The summed E-state index contributed by atoms with van der Waals surface area (Å²) in [4.78, 5) is 16.0. The minimum absolute atomic E-state index is 0.255. The molecule has 0 radical (unpaired) electrons. The highest BCUT2D eigenvalue weighted by atomic mass is 35.5. The molecule has 1 saturated heterocycles. The van der Waals surface area contributed by atoms with Crippen LogP contribution in [0.5, 0.6) is 0 Å². The summed E-state index contributed by atoms with van der Waals surface area (Å²) in [6, 6.07) is 14.1. The summed E-state index contributed by atoms with van der Waals surface area (Å²) in [5.74, 6) is 0.515. The Morgan fingerprint density at radius 2 is 1.97 bits per heavy atom. The smallest absolute Gasteiger partial charge is 0.233 e.